The molecule has 6 heteroatoms. The van der Waals surface area contributed by atoms with Crippen LogP contribution in [0.25, 0.3) is 0 Å². The molecule has 0 bridgehead atoms. The van der Waals surface area contributed by atoms with E-state index in [0.717, 1.165) is 11.1 Å². The number of aryl methyl sites for hydroxylation is 1. The number of carbonyl (C=O) groups excluding carboxylic acids is 2. The number of hydrogen-bond donors (Lipinski definition) is 2. The molecule has 1 aliphatic heterocycles. The quantitative estimate of drug-likeness (QED) is 0.612. The Balaban J connectivity index is 1.66. The standard InChI is InChI=1S/C25H22N2O4/c28-20-11-9-19(10-12-20)23-22(21(29)13-8-17-5-2-1-3-6-17)24(30)25(31)27(23)16-18-7-4-14-26-15-18/h1-7,9-12,14-15,23,28,30H,8,13,16H2. The van der Waals surface area contributed by atoms with Crippen LogP contribution in [-0.4, -0.2) is 31.8 Å². The van der Waals surface area contributed by atoms with Gasteiger partial charge in [-0.15, -0.1) is 0 Å². The molecule has 2 N–H and O–H groups in total. The lowest BCUT2D eigenvalue weighted by atomic mass is 9.93. The first-order chi connectivity index (χ1) is 15.0. The number of carbonyl (C=O) groups is 2. The molecule has 0 fully saturated rings. The summed E-state index contributed by atoms with van der Waals surface area (Å²) in [4.78, 5) is 31.7. The van der Waals surface area contributed by atoms with Gasteiger partial charge in [0, 0.05) is 25.4 Å². The number of hydrogen-bond acceptors (Lipinski definition) is 5. The number of phenolic OH excluding ortho intramolecular Hbond substituents is 1. The van der Waals surface area contributed by atoms with Crippen LogP contribution in [0.3, 0.4) is 0 Å². The molecule has 156 valence electrons. The summed E-state index contributed by atoms with van der Waals surface area (Å²) in [7, 11) is 0. The molecule has 6 nitrogen and oxygen atoms in total. The molecule has 31 heavy (non-hydrogen) atoms. The lowest BCUT2D eigenvalue weighted by Crippen LogP contribution is -2.30. The van der Waals surface area contributed by atoms with E-state index in [1.165, 1.54) is 17.0 Å². The van der Waals surface area contributed by atoms with E-state index >= 15 is 0 Å². The highest BCUT2D eigenvalue weighted by Gasteiger charge is 2.43. The fourth-order valence-corrected chi connectivity index (χ4v) is 3.83. The van der Waals surface area contributed by atoms with Crippen molar-refractivity contribution in [3.8, 4) is 5.75 Å². The first-order valence-corrected chi connectivity index (χ1v) is 10.0. The Labute approximate surface area is 180 Å². The van der Waals surface area contributed by atoms with E-state index in [4.69, 9.17) is 0 Å². The number of aliphatic hydroxyl groups is 1. The van der Waals surface area contributed by atoms with Crippen molar-refractivity contribution in [2.75, 3.05) is 0 Å². The number of benzene rings is 2. The summed E-state index contributed by atoms with van der Waals surface area (Å²) in [6.45, 7) is 0.192. The predicted molar refractivity (Wildman–Crippen MR) is 115 cm³/mol. The van der Waals surface area contributed by atoms with Crippen molar-refractivity contribution < 1.29 is 19.8 Å². The molecule has 2 heterocycles. The summed E-state index contributed by atoms with van der Waals surface area (Å²) in [6.07, 6.45) is 3.97. The Kier molecular flexibility index (Phi) is 5.80. The highest BCUT2D eigenvalue weighted by Crippen LogP contribution is 2.39. The maximum atomic E-state index is 13.2. The van der Waals surface area contributed by atoms with Gasteiger partial charge in [0.05, 0.1) is 11.6 Å². The number of aliphatic hydroxyl groups excluding tert-OH is 1. The van der Waals surface area contributed by atoms with Gasteiger partial charge in [0.2, 0.25) is 0 Å². The average Bonchev–Trinajstić information content (AvgIpc) is 3.04. The maximum absolute atomic E-state index is 13.2. The molecule has 0 saturated heterocycles. The van der Waals surface area contributed by atoms with Crippen LogP contribution in [0.2, 0.25) is 0 Å². The number of phenols is 1. The molecule has 1 amide bonds. The Hall–Kier alpha value is -3.93. The van der Waals surface area contributed by atoms with Gasteiger partial charge in [-0.2, -0.15) is 0 Å². The molecule has 1 aliphatic rings. The largest absolute Gasteiger partial charge is 0.508 e. The molecule has 1 unspecified atom stereocenters. The molecule has 0 radical (unpaired) electrons. The molecule has 0 spiro atoms. The molecule has 1 aromatic heterocycles. The lowest BCUT2D eigenvalue weighted by Gasteiger charge is -2.27. The smallest absolute Gasteiger partial charge is 0.290 e. The van der Waals surface area contributed by atoms with Crippen molar-refractivity contribution in [2.45, 2.75) is 25.4 Å². The molecular weight excluding hydrogens is 392 g/mol. The maximum Gasteiger partial charge on any atom is 0.290 e. The summed E-state index contributed by atoms with van der Waals surface area (Å²) in [6, 6.07) is 18.8. The zero-order valence-electron chi connectivity index (χ0n) is 16.8. The van der Waals surface area contributed by atoms with Gasteiger partial charge in [0.25, 0.3) is 5.91 Å². The average molecular weight is 414 g/mol. The Morgan fingerprint density at radius 2 is 1.65 bits per heavy atom. The van der Waals surface area contributed by atoms with Gasteiger partial charge in [-0.3, -0.25) is 14.6 Å². The van der Waals surface area contributed by atoms with E-state index in [0.29, 0.717) is 12.0 Å². The van der Waals surface area contributed by atoms with E-state index in [9.17, 15) is 19.8 Å². The van der Waals surface area contributed by atoms with Gasteiger partial charge < -0.3 is 15.1 Å². The van der Waals surface area contributed by atoms with Crippen molar-refractivity contribution in [3.63, 3.8) is 0 Å². The van der Waals surface area contributed by atoms with E-state index in [1.54, 1.807) is 30.6 Å². The number of ketones is 1. The van der Waals surface area contributed by atoms with Crippen LogP contribution in [0.5, 0.6) is 5.75 Å². The van der Waals surface area contributed by atoms with Gasteiger partial charge in [-0.1, -0.05) is 48.5 Å². The number of Topliss-reactive ketones (excluding diaryl/α,β-unsaturated/α-hetero) is 1. The fraction of sp³-hybridized carbons (Fsp3) is 0.160. The first-order valence-electron chi connectivity index (χ1n) is 10.0. The highest BCUT2D eigenvalue weighted by atomic mass is 16.3. The van der Waals surface area contributed by atoms with Crippen LogP contribution in [0.1, 0.15) is 29.2 Å². The van der Waals surface area contributed by atoms with Gasteiger partial charge >= 0.3 is 0 Å². The van der Waals surface area contributed by atoms with Crippen LogP contribution < -0.4 is 0 Å². The number of aromatic nitrogens is 1. The predicted octanol–water partition coefficient (Wildman–Crippen LogP) is 3.88. The Morgan fingerprint density at radius 1 is 0.935 bits per heavy atom. The summed E-state index contributed by atoms with van der Waals surface area (Å²) in [5, 5.41) is 20.3. The van der Waals surface area contributed by atoms with Crippen LogP contribution >= 0.6 is 0 Å². The normalized spacial score (nSPS) is 16.1. The molecule has 4 rings (SSSR count). The van der Waals surface area contributed by atoms with Gasteiger partial charge in [-0.25, -0.2) is 0 Å². The number of nitrogens with zero attached hydrogens (tertiary/aromatic N) is 2. The van der Waals surface area contributed by atoms with E-state index < -0.39 is 17.7 Å². The van der Waals surface area contributed by atoms with Crippen LogP contribution in [0.4, 0.5) is 0 Å². The third-order valence-electron chi connectivity index (χ3n) is 5.37. The van der Waals surface area contributed by atoms with Gasteiger partial charge in [0.1, 0.15) is 5.75 Å². The number of pyridine rings is 1. The Bertz CT molecular complexity index is 1110. The monoisotopic (exact) mass is 414 g/mol. The molecule has 2 aromatic carbocycles. The lowest BCUT2D eigenvalue weighted by molar-refractivity contribution is -0.130. The summed E-state index contributed by atoms with van der Waals surface area (Å²) < 4.78 is 0. The number of aromatic hydroxyl groups is 1. The number of amides is 1. The molecule has 3 aromatic rings. The minimum atomic E-state index is -0.739. The highest BCUT2D eigenvalue weighted by molar-refractivity contribution is 6.09. The summed E-state index contributed by atoms with van der Waals surface area (Å²) in [5.41, 5.74) is 2.52. The van der Waals surface area contributed by atoms with Crippen molar-refractivity contribution >= 4 is 11.7 Å². The van der Waals surface area contributed by atoms with Crippen LogP contribution in [-0.2, 0) is 22.6 Å². The minimum Gasteiger partial charge on any atom is -0.508 e. The fourth-order valence-electron chi connectivity index (χ4n) is 3.83. The summed E-state index contributed by atoms with van der Waals surface area (Å²) in [5.74, 6) is -1.30. The molecular formula is C25H22N2O4. The topological polar surface area (TPSA) is 90.7 Å². The zero-order chi connectivity index (χ0) is 21.8. The van der Waals surface area contributed by atoms with Gasteiger partial charge in [-0.05, 0) is 41.3 Å². The second kappa shape index (κ2) is 8.83. The van der Waals surface area contributed by atoms with Crippen molar-refractivity contribution in [3.05, 3.63) is 107 Å². The Morgan fingerprint density at radius 3 is 2.32 bits per heavy atom. The third kappa shape index (κ3) is 4.33. The van der Waals surface area contributed by atoms with Crippen LogP contribution in [0.15, 0.2) is 90.5 Å². The molecule has 1 atom stereocenters. The van der Waals surface area contributed by atoms with Crippen LogP contribution in [0, 0.1) is 0 Å². The van der Waals surface area contributed by atoms with E-state index in [2.05, 4.69) is 4.98 Å². The first kappa shape index (κ1) is 20.3. The second-order valence-electron chi connectivity index (χ2n) is 7.46. The van der Waals surface area contributed by atoms with E-state index in [-0.39, 0.29) is 30.1 Å². The SMILES string of the molecule is O=C(CCc1ccccc1)C1=C(O)C(=O)N(Cc2cccnc2)C1c1ccc(O)cc1. The van der Waals surface area contributed by atoms with E-state index in [1.807, 2.05) is 36.4 Å². The van der Waals surface area contributed by atoms with Gasteiger partial charge in [0.15, 0.2) is 11.5 Å². The van der Waals surface area contributed by atoms with Crippen molar-refractivity contribution in [1.82, 2.24) is 9.88 Å². The molecule has 0 saturated carbocycles. The minimum absolute atomic E-state index is 0.0806. The summed E-state index contributed by atoms with van der Waals surface area (Å²) >= 11 is 0. The molecule has 0 aliphatic carbocycles. The zero-order valence-corrected chi connectivity index (χ0v) is 16.8. The second-order valence-corrected chi connectivity index (χ2v) is 7.46. The van der Waals surface area contributed by atoms with Crippen molar-refractivity contribution in [2.24, 2.45) is 0 Å². The van der Waals surface area contributed by atoms with Crippen molar-refractivity contribution in [1.29, 1.82) is 0 Å². The third-order valence-corrected chi connectivity index (χ3v) is 5.37. The number of rotatable bonds is 7.